The standard InChI is InChI=1S/C24H19ClN4O4/c1-24(12-30)23(32)28-18-11-27-22-19(20(18)29-24)16(10-26-22)21(31)15-8-7-14(9-17(15)25)33-13-5-3-2-4-6-13/h2-11,29-30H,12H2,1H3,(H,26,27)(H,28,32). The number of nitrogens with zero attached hydrogens (tertiary/aromatic N) is 1. The molecule has 0 aliphatic carbocycles. The first-order chi connectivity index (χ1) is 15.9. The average molecular weight is 463 g/mol. The van der Waals surface area contributed by atoms with Crippen LogP contribution in [0.3, 0.4) is 0 Å². The fourth-order valence-electron chi connectivity index (χ4n) is 3.72. The van der Waals surface area contributed by atoms with E-state index in [0.29, 0.717) is 45.0 Å². The molecule has 0 radical (unpaired) electrons. The van der Waals surface area contributed by atoms with Gasteiger partial charge in [-0.05, 0) is 31.2 Å². The van der Waals surface area contributed by atoms with E-state index in [0.717, 1.165) is 0 Å². The van der Waals surface area contributed by atoms with Crippen LogP contribution in [0.15, 0.2) is 60.9 Å². The lowest BCUT2D eigenvalue weighted by Crippen LogP contribution is -2.53. The van der Waals surface area contributed by atoms with Gasteiger partial charge in [-0.1, -0.05) is 29.8 Å². The molecule has 1 aliphatic heterocycles. The second-order valence-corrected chi connectivity index (χ2v) is 8.34. The quantitative estimate of drug-likeness (QED) is 0.327. The summed E-state index contributed by atoms with van der Waals surface area (Å²) in [7, 11) is 0. The molecule has 3 heterocycles. The van der Waals surface area contributed by atoms with Crippen molar-refractivity contribution in [3.05, 3.63) is 77.1 Å². The molecule has 4 N–H and O–H groups in total. The Morgan fingerprint density at radius 2 is 1.94 bits per heavy atom. The molecule has 0 saturated carbocycles. The van der Waals surface area contributed by atoms with Crippen LogP contribution in [0, 0.1) is 0 Å². The highest BCUT2D eigenvalue weighted by molar-refractivity contribution is 6.36. The van der Waals surface area contributed by atoms with E-state index in [9.17, 15) is 14.7 Å². The van der Waals surface area contributed by atoms with Crippen LogP contribution in [0.1, 0.15) is 22.8 Å². The summed E-state index contributed by atoms with van der Waals surface area (Å²) in [5, 5.41) is 16.3. The van der Waals surface area contributed by atoms with Crippen LogP contribution < -0.4 is 15.4 Å². The van der Waals surface area contributed by atoms with Gasteiger partial charge in [-0.2, -0.15) is 0 Å². The number of carbonyl (C=O) groups is 2. The highest BCUT2D eigenvalue weighted by atomic mass is 35.5. The second kappa shape index (κ2) is 7.91. The number of carbonyl (C=O) groups excluding carboxylic acids is 2. The lowest BCUT2D eigenvalue weighted by molar-refractivity contribution is -0.121. The van der Waals surface area contributed by atoms with Crippen molar-refractivity contribution in [2.75, 3.05) is 17.2 Å². The van der Waals surface area contributed by atoms with Crippen LogP contribution >= 0.6 is 11.6 Å². The zero-order valence-corrected chi connectivity index (χ0v) is 18.2. The average Bonchev–Trinajstić information content (AvgIpc) is 3.25. The summed E-state index contributed by atoms with van der Waals surface area (Å²) in [4.78, 5) is 33.1. The fourth-order valence-corrected chi connectivity index (χ4v) is 3.97. The minimum atomic E-state index is -1.24. The van der Waals surface area contributed by atoms with E-state index in [1.54, 1.807) is 31.3 Å². The number of halogens is 1. The highest BCUT2D eigenvalue weighted by Gasteiger charge is 2.39. The normalized spacial score (nSPS) is 17.2. The molecule has 0 bridgehead atoms. The molecule has 166 valence electrons. The molecular weight excluding hydrogens is 444 g/mol. The monoisotopic (exact) mass is 462 g/mol. The number of amides is 1. The number of fused-ring (bicyclic) bond motifs is 3. The van der Waals surface area contributed by atoms with Crippen LogP contribution in [-0.2, 0) is 4.79 Å². The molecule has 4 aromatic rings. The van der Waals surface area contributed by atoms with Crippen molar-refractivity contribution < 1.29 is 19.4 Å². The number of aliphatic hydroxyl groups excluding tert-OH is 1. The molecule has 8 nitrogen and oxygen atoms in total. The third-order valence-corrected chi connectivity index (χ3v) is 5.89. The first-order valence-electron chi connectivity index (χ1n) is 10.2. The predicted octanol–water partition coefficient (Wildman–Crippen LogP) is 4.35. The summed E-state index contributed by atoms with van der Waals surface area (Å²) in [6, 6.07) is 14.1. The minimum Gasteiger partial charge on any atom is -0.457 e. The molecular formula is C24H19ClN4O4. The topological polar surface area (TPSA) is 116 Å². The summed E-state index contributed by atoms with van der Waals surface area (Å²) in [6.07, 6.45) is 3.05. The van der Waals surface area contributed by atoms with Crippen molar-refractivity contribution >= 4 is 45.7 Å². The number of ketones is 1. The Labute approximate surface area is 193 Å². The predicted molar refractivity (Wildman–Crippen MR) is 125 cm³/mol. The van der Waals surface area contributed by atoms with Crippen molar-refractivity contribution in [1.29, 1.82) is 0 Å². The van der Waals surface area contributed by atoms with Gasteiger partial charge in [0.05, 0.1) is 40.2 Å². The van der Waals surface area contributed by atoms with Crippen molar-refractivity contribution in [1.82, 2.24) is 9.97 Å². The lowest BCUT2D eigenvalue weighted by atomic mass is 9.96. The van der Waals surface area contributed by atoms with Gasteiger partial charge in [-0.3, -0.25) is 9.59 Å². The smallest absolute Gasteiger partial charge is 0.252 e. The number of nitrogens with one attached hydrogen (secondary N) is 3. The number of pyridine rings is 1. The lowest BCUT2D eigenvalue weighted by Gasteiger charge is -2.34. The summed E-state index contributed by atoms with van der Waals surface area (Å²) < 4.78 is 5.79. The van der Waals surface area contributed by atoms with Gasteiger partial charge in [0.1, 0.15) is 22.7 Å². The van der Waals surface area contributed by atoms with Gasteiger partial charge in [0.2, 0.25) is 0 Å². The molecule has 9 heteroatoms. The minimum absolute atomic E-state index is 0.238. The summed E-state index contributed by atoms with van der Waals surface area (Å²) in [5.74, 6) is 0.446. The molecule has 0 saturated heterocycles. The molecule has 1 amide bonds. The zero-order chi connectivity index (χ0) is 23.2. The summed E-state index contributed by atoms with van der Waals surface area (Å²) in [5.41, 5.74) is 0.761. The van der Waals surface area contributed by atoms with Gasteiger partial charge >= 0.3 is 0 Å². The number of anilines is 2. The number of para-hydroxylation sites is 1. The van der Waals surface area contributed by atoms with Crippen molar-refractivity contribution in [3.8, 4) is 11.5 Å². The number of aromatic amines is 1. The Hall–Kier alpha value is -3.88. The maximum Gasteiger partial charge on any atom is 0.252 e. The SMILES string of the molecule is CC1(CO)Nc2c(cnc3[nH]cc(C(=O)c4ccc(Oc5ccccc5)cc4Cl)c23)NC1=O. The van der Waals surface area contributed by atoms with Gasteiger partial charge in [0, 0.05) is 17.8 Å². The second-order valence-electron chi connectivity index (χ2n) is 7.93. The molecule has 0 spiro atoms. The Bertz CT molecular complexity index is 1400. The number of hydrogen-bond donors (Lipinski definition) is 4. The van der Waals surface area contributed by atoms with E-state index in [-0.39, 0.29) is 16.7 Å². The van der Waals surface area contributed by atoms with E-state index < -0.39 is 12.1 Å². The summed E-state index contributed by atoms with van der Waals surface area (Å²) >= 11 is 6.46. The molecule has 5 rings (SSSR count). The number of aliphatic hydroxyl groups is 1. The number of ether oxygens (including phenoxy) is 1. The first kappa shape index (κ1) is 21.0. The van der Waals surface area contributed by atoms with Crippen LogP contribution in [-0.4, -0.2) is 38.9 Å². The third kappa shape index (κ3) is 3.59. The molecule has 1 aliphatic rings. The third-order valence-electron chi connectivity index (χ3n) is 5.58. The fraction of sp³-hybridized carbons (Fsp3) is 0.125. The maximum absolute atomic E-state index is 13.5. The largest absolute Gasteiger partial charge is 0.457 e. The Kier molecular flexibility index (Phi) is 5.03. The molecule has 0 fully saturated rings. The molecule has 33 heavy (non-hydrogen) atoms. The van der Waals surface area contributed by atoms with Crippen LogP contribution in [0.25, 0.3) is 11.0 Å². The van der Waals surface area contributed by atoms with Crippen molar-refractivity contribution in [3.63, 3.8) is 0 Å². The van der Waals surface area contributed by atoms with E-state index in [1.807, 2.05) is 30.3 Å². The van der Waals surface area contributed by atoms with Gasteiger partial charge in [0.15, 0.2) is 5.78 Å². The van der Waals surface area contributed by atoms with Crippen LogP contribution in [0.2, 0.25) is 5.02 Å². The number of H-pyrrole nitrogens is 1. The van der Waals surface area contributed by atoms with Gasteiger partial charge in [-0.15, -0.1) is 0 Å². The molecule has 2 aromatic carbocycles. The first-order valence-corrected chi connectivity index (χ1v) is 10.5. The van der Waals surface area contributed by atoms with E-state index >= 15 is 0 Å². The Balaban J connectivity index is 1.53. The zero-order valence-electron chi connectivity index (χ0n) is 17.5. The number of benzene rings is 2. The molecule has 1 atom stereocenters. The number of rotatable bonds is 5. The van der Waals surface area contributed by atoms with E-state index in [4.69, 9.17) is 16.3 Å². The maximum atomic E-state index is 13.5. The van der Waals surface area contributed by atoms with Crippen molar-refractivity contribution in [2.45, 2.75) is 12.5 Å². The van der Waals surface area contributed by atoms with Gasteiger partial charge < -0.3 is 25.5 Å². The van der Waals surface area contributed by atoms with Crippen LogP contribution in [0.5, 0.6) is 11.5 Å². The molecule has 1 unspecified atom stereocenters. The van der Waals surface area contributed by atoms with E-state index in [1.165, 1.54) is 6.20 Å². The highest BCUT2D eigenvalue weighted by Crippen LogP contribution is 2.39. The van der Waals surface area contributed by atoms with E-state index in [2.05, 4.69) is 20.6 Å². The Morgan fingerprint density at radius 1 is 1.15 bits per heavy atom. The van der Waals surface area contributed by atoms with Gasteiger partial charge in [0.25, 0.3) is 5.91 Å². The number of aromatic nitrogens is 2. The van der Waals surface area contributed by atoms with Gasteiger partial charge in [-0.25, -0.2) is 4.98 Å². The summed E-state index contributed by atoms with van der Waals surface area (Å²) in [6.45, 7) is 1.15. The van der Waals surface area contributed by atoms with Crippen molar-refractivity contribution in [2.24, 2.45) is 0 Å². The van der Waals surface area contributed by atoms with Crippen LogP contribution in [0.4, 0.5) is 11.4 Å². The Morgan fingerprint density at radius 3 is 2.67 bits per heavy atom. The molecule has 2 aromatic heterocycles. The number of hydrogen-bond acceptors (Lipinski definition) is 6.